The number of nitrogens with one attached hydrogen (secondary N) is 2. The Bertz CT molecular complexity index is 2320. The summed E-state index contributed by atoms with van der Waals surface area (Å²) in [5.74, 6) is -1.30. The molecule has 6 aliphatic heterocycles. The smallest absolute Gasteiger partial charge is 0.255 e. The second-order valence-corrected chi connectivity index (χ2v) is 17.1. The van der Waals surface area contributed by atoms with Gasteiger partial charge in [-0.15, -0.1) is 0 Å². The van der Waals surface area contributed by atoms with Crippen LogP contribution < -0.4 is 19.9 Å². The molecule has 15 heteroatoms. The number of piperazine rings is 1. The van der Waals surface area contributed by atoms with Gasteiger partial charge >= 0.3 is 0 Å². The summed E-state index contributed by atoms with van der Waals surface area (Å²) in [5.41, 5.74) is 4.89. The Kier molecular flexibility index (Phi) is 9.58. The van der Waals surface area contributed by atoms with Crippen molar-refractivity contribution in [3.8, 4) is 5.75 Å². The lowest BCUT2D eigenvalue weighted by Crippen LogP contribution is -2.58. The minimum Gasteiger partial charge on any atom is -0.489 e. The minimum absolute atomic E-state index is 0.0799. The van der Waals surface area contributed by atoms with Gasteiger partial charge in [-0.3, -0.25) is 29.5 Å². The Hall–Kier alpha value is -5.15. The number of rotatable bonds is 7. The molecule has 6 aliphatic rings. The lowest BCUT2D eigenvalue weighted by atomic mass is 9.88. The quantitative estimate of drug-likeness (QED) is 0.184. The van der Waals surface area contributed by atoms with Crippen LogP contribution in [0.1, 0.15) is 71.4 Å². The molecule has 3 saturated heterocycles. The number of H-pyrrole nitrogens is 1. The van der Waals surface area contributed by atoms with E-state index in [9.17, 15) is 23.2 Å². The van der Waals surface area contributed by atoms with E-state index < -0.39 is 42.6 Å². The molecule has 3 fully saturated rings. The van der Waals surface area contributed by atoms with Crippen molar-refractivity contribution in [1.29, 1.82) is 0 Å². The van der Waals surface area contributed by atoms with Gasteiger partial charge in [0.25, 0.3) is 12.3 Å². The number of aromatic amines is 1. The lowest BCUT2D eigenvalue weighted by Gasteiger charge is -2.47. The van der Waals surface area contributed by atoms with Crippen LogP contribution in [0.5, 0.6) is 5.75 Å². The Morgan fingerprint density at radius 1 is 0.915 bits per heavy atom. The van der Waals surface area contributed by atoms with Crippen molar-refractivity contribution in [2.45, 2.75) is 76.2 Å². The maximum absolute atomic E-state index is 16.3. The van der Waals surface area contributed by atoms with Crippen molar-refractivity contribution in [1.82, 2.24) is 25.0 Å². The SMILES string of the molecule is C[C@@H]1Cc2c([nH]c3ccccc23)[C@@H](c2c(F)cc(N3CCC(CN4CCN5c6c(ccc7c6CN(C6CCC(=O)NC6=O)C7=O)OC[C@@H]5C4)CC3)cc2F)N1CC(F)F. The predicted molar refractivity (Wildman–Crippen MR) is 213 cm³/mol. The van der Waals surface area contributed by atoms with Crippen LogP contribution in [0, 0.1) is 17.6 Å². The fourth-order valence-corrected chi connectivity index (χ4v) is 10.8. The van der Waals surface area contributed by atoms with Gasteiger partial charge in [-0.1, -0.05) is 18.2 Å². The molecule has 3 aromatic carbocycles. The van der Waals surface area contributed by atoms with Crippen LogP contribution in [0.4, 0.5) is 28.9 Å². The lowest BCUT2D eigenvalue weighted by molar-refractivity contribution is -0.136. The number of para-hydroxylation sites is 1. The van der Waals surface area contributed by atoms with Crippen LogP contribution in [-0.2, 0) is 22.6 Å². The predicted octanol–water partition coefficient (Wildman–Crippen LogP) is 5.61. The van der Waals surface area contributed by atoms with Gasteiger partial charge in [0, 0.05) is 97.3 Å². The highest BCUT2D eigenvalue weighted by atomic mass is 19.3. The van der Waals surface area contributed by atoms with Crippen molar-refractivity contribution in [2.24, 2.45) is 5.92 Å². The standard InChI is InChI=1S/C44H47F4N7O4/c1-24-16-30-28-4-2-3-5-34(28)49-40(30)42(54(24)22-37(47)48)39-32(45)17-26(18-33(39)46)52-12-10-25(11-13-52)19-51-14-15-53-27(20-51)23-59-36-8-6-29-31(41(36)53)21-55(44(29)58)35-7-9-38(56)50-43(35)57/h2-6,8,17-18,24-25,27,35,37,42,49H,7,9-16,19-23H2,1H3,(H,50,56,57)/t24-,27+,35?,42-/m1/s1. The molecule has 59 heavy (non-hydrogen) atoms. The number of halogens is 4. The zero-order chi connectivity index (χ0) is 40.7. The number of piperidine rings is 2. The maximum atomic E-state index is 16.3. The summed E-state index contributed by atoms with van der Waals surface area (Å²) in [4.78, 5) is 51.2. The van der Waals surface area contributed by atoms with E-state index in [-0.39, 0.29) is 42.4 Å². The van der Waals surface area contributed by atoms with E-state index in [1.807, 2.05) is 42.2 Å². The van der Waals surface area contributed by atoms with Crippen LogP contribution in [0.25, 0.3) is 10.9 Å². The van der Waals surface area contributed by atoms with Gasteiger partial charge in [0.1, 0.15) is 30.0 Å². The number of benzene rings is 3. The Labute approximate surface area is 339 Å². The second kappa shape index (κ2) is 14.8. The van der Waals surface area contributed by atoms with E-state index in [2.05, 4.69) is 20.1 Å². The first-order valence-corrected chi connectivity index (χ1v) is 20.8. The molecule has 0 bridgehead atoms. The molecule has 11 nitrogen and oxygen atoms in total. The molecule has 0 radical (unpaired) electrons. The van der Waals surface area contributed by atoms with Gasteiger partial charge in [-0.05, 0) is 74.4 Å². The van der Waals surface area contributed by atoms with Crippen molar-refractivity contribution in [3.63, 3.8) is 0 Å². The molecule has 310 valence electrons. The first-order chi connectivity index (χ1) is 28.5. The summed E-state index contributed by atoms with van der Waals surface area (Å²) in [6, 6.07) is 12.0. The Morgan fingerprint density at radius 2 is 1.69 bits per heavy atom. The molecule has 0 aliphatic carbocycles. The molecule has 2 N–H and O–H groups in total. The third-order valence-corrected chi connectivity index (χ3v) is 13.6. The zero-order valence-electron chi connectivity index (χ0n) is 32.9. The molecule has 4 atom stereocenters. The number of aromatic nitrogens is 1. The van der Waals surface area contributed by atoms with E-state index in [4.69, 9.17) is 4.74 Å². The Morgan fingerprint density at radius 3 is 2.46 bits per heavy atom. The average Bonchev–Trinajstić information content (AvgIpc) is 3.75. The van der Waals surface area contributed by atoms with Gasteiger partial charge < -0.3 is 24.4 Å². The van der Waals surface area contributed by atoms with Crippen molar-refractivity contribution in [3.05, 3.63) is 88.1 Å². The molecule has 3 amide bonds. The van der Waals surface area contributed by atoms with Crippen LogP contribution in [-0.4, -0.2) is 114 Å². The molecule has 1 unspecified atom stereocenters. The highest BCUT2D eigenvalue weighted by Crippen LogP contribution is 2.46. The van der Waals surface area contributed by atoms with E-state index >= 15 is 8.78 Å². The number of anilines is 2. The number of amides is 3. The van der Waals surface area contributed by atoms with Gasteiger partial charge in [0.15, 0.2) is 0 Å². The van der Waals surface area contributed by atoms with Crippen molar-refractivity contribution >= 4 is 40.0 Å². The largest absolute Gasteiger partial charge is 0.489 e. The molecule has 1 aromatic heterocycles. The summed E-state index contributed by atoms with van der Waals surface area (Å²) >= 11 is 0. The molecule has 10 rings (SSSR count). The van der Waals surface area contributed by atoms with E-state index in [1.54, 1.807) is 11.0 Å². The zero-order valence-corrected chi connectivity index (χ0v) is 32.9. The highest BCUT2D eigenvalue weighted by Gasteiger charge is 2.44. The van der Waals surface area contributed by atoms with Gasteiger partial charge in [0.2, 0.25) is 11.8 Å². The second-order valence-electron chi connectivity index (χ2n) is 17.1. The summed E-state index contributed by atoms with van der Waals surface area (Å²) < 4.78 is 66.8. The average molecular weight is 814 g/mol. The summed E-state index contributed by atoms with van der Waals surface area (Å²) in [6.07, 6.45) is 0.0324. The van der Waals surface area contributed by atoms with E-state index in [1.165, 1.54) is 17.0 Å². The molecular formula is C44H47F4N7O4. The third-order valence-electron chi connectivity index (χ3n) is 13.6. The van der Waals surface area contributed by atoms with Gasteiger partial charge in [0.05, 0.1) is 24.3 Å². The van der Waals surface area contributed by atoms with Crippen LogP contribution >= 0.6 is 0 Å². The number of carbonyl (C=O) groups is 3. The number of hydrogen-bond donors (Lipinski definition) is 2. The molecule has 0 saturated carbocycles. The number of fused-ring (bicyclic) bond motifs is 8. The third kappa shape index (κ3) is 6.60. The van der Waals surface area contributed by atoms with Crippen LogP contribution in [0.3, 0.4) is 0 Å². The number of nitrogens with zero attached hydrogens (tertiary/aromatic N) is 5. The Balaban J connectivity index is 0.800. The number of ether oxygens (including phenoxy) is 1. The normalized spacial score (nSPS) is 25.3. The van der Waals surface area contributed by atoms with E-state index in [0.29, 0.717) is 55.4 Å². The topological polar surface area (TPSA) is 104 Å². The molecule has 4 aromatic rings. The first-order valence-electron chi connectivity index (χ1n) is 20.8. The summed E-state index contributed by atoms with van der Waals surface area (Å²) in [6.45, 7) is 6.56. The van der Waals surface area contributed by atoms with Crippen LogP contribution in [0.15, 0.2) is 48.5 Å². The van der Waals surface area contributed by atoms with Crippen LogP contribution in [0.2, 0.25) is 0 Å². The molecular weight excluding hydrogens is 767 g/mol. The number of alkyl halides is 2. The number of hydrogen-bond acceptors (Lipinski definition) is 8. The molecule has 0 spiro atoms. The monoisotopic (exact) mass is 813 g/mol. The summed E-state index contributed by atoms with van der Waals surface area (Å²) in [5, 5.41) is 3.32. The first kappa shape index (κ1) is 38.1. The fraction of sp³-hybridized carbons (Fsp3) is 0.477. The fourth-order valence-electron chi connectivity index (χ4n) is 10.8. The van der Waals surface area contributed by atoms with Crippen molar-refractivity contribution < 1.29 is 36.7 Å². The molecule has 7 heterocycles. The van der Waals surface area contributed by atoms with Gasteiger partial charge in [-0.2, -0.15) is 0 Å². The highest BCUT2D eigenvalue weighted by molar-refractivity contribution is 6.06. The van der Waals surface area contributed by atoms with E-state index in [0.717, 1.165) is 72.5 Å². The van der Waals surface area contributed by atoms with Crippen molar-refractivity contribution in [2.75, 3.05) is 62.2 Å². The number of imide groups is 1. The number of carbonyl (C=O) groups excluding carboxylic acids is 3. The summed E-state index contributed by atoms with van der Waals surface area (Å²) in [7, 11) is 0. The van der Waals surface area contributed by atoms with Gasteiger partial charge in [-0.25, -0.2) is 17.6 Å². The maximum Gasteiger partial charge on any atom is 0.255 e. The minimum atomic E-state index is -2.67.